The van der Waals surface area contributed by atoms with Crippen molar-refractivity contribution in [3.63, 3.8) is 0 Å². The first kappa shape index (κ1) is 13.1. The van der Waals surface area contributed by atoms with Crippen molar-refractivity contribution < 1.29 is 14.2 Å². The fraction of sp³-hybridized carbons (Fsp3) is 0.200. The predicted molar refractivity (Wildman–Crippen MR) is 75.9 cm³/mol. The Morgan fingerprint density at radius 2 is 1.37 bits per heavy atom. The minimum Gasteiger partial charge on any atom is -0.497 e. The van der Waals surface area contributed by atoms with Crippen molar-refractivity contribution in [3.8, 4) is 28.4 Å². The van der Waals surface area contributed by atoms with Crippen LogP contribution >= 0.6 is 0 Å². The van der Waals surface area contributed by atoms with Gasteiger partial charge in [0, 0.05) is 6.07 Å². The van der Waals surface area contributed by atoms with Crippen LogP contribution in [-0.2, 0) is 0 Å². The molecular formula is C15H17NO3. The number of rotatable bonds is 4. The van der Waals surface area contributed by atoms with Gasteiger partial charge >= 0.3 is 0 Å². The van der Waals surface area contributed by atoms with Crippen LogP contribution in [0.15, 0.2) is 36.4 Å². The Hall–Kier alpha value is -2.36. The van der Waals surface area contributed by atoms with Crippen LogP contribution in [0.5, 0.6) is 17.2 Å². The number of nitrogens with two attached hydrogens (primary N) is 1. The molecular weight excluding hydrogens is 242 g/mol. The van der Waals surface area contributed by atoms with Crippen molar-refractivity contribution in [1.82, 2.24) is 0 Å². The van der Waals surface area contributed by atoms with E-state index in [1.54, 1.807) is 21.3 Å². The Bertz CT molecular complexity index is 559. The Morgan fingerprint density at radius 1 is 0.737 bits per heavy atom. The predicted octanol–water partition coefficient (Wildman–Crippen LogP) is 2.96. The summed E-state index contributed by atoms with van der Waals surface area (Å²) in [6, 6.07) is 11.4. The summed E-state index contributed by atoms with van der Waals surface area (Å²) < 4.78 is 15.7. The van der Waals surface area contributed by atoms with Crippen LogP contribution in [0.25, 0.3) is 11.1 Å². The highest BCUT2D eigenvalue weighted by molar-refractivity contribution is 5.72. The third-order valence-electron chi connectivity index (χ3n) is 2.91. The third-order valence-corrected chi connectivity index (χ3v) is 2.91. The van der Waals surface area contributed by atoms with Gasteiger partial charge in [0.25, 0.3) is 0 Å². The largest absolute Gasteiger partial charge is 0.497 e. The molecule has 0 aliphatic heterocycles. The number of hydrogen-bond acceptors (Lipinski definition) is 4. The average Bonchev–Trinajstić information content (AvgIpc) is 2.46. The zero-order valence-corrected chi connectivity index (χ0v) is 11.3. The molecule has 2 N–H and O–H groups in total. The minimum atomic E-state index is 0.599. The quantitative estimate of drug-likeness (QED) is 0.858. The number of nitrogen functional groups attached to an aromatic ring is 1. The van der Waals surface area contributed by atoms with E-state index in [4.69, 9.17) is 19.9 Å². The van der Waals surface area contributed by atoms with E-state index < -0.39 is 0 Å². The van der Waals surface area contributed by atoms with Gasteiger partial charge in [0.15, 0.2) is 0 Å². The van der Waals surface area contributed by atoms with Crippen LogP contribution in [0.1, 0.15) is 0 Å². The zero-order valence-electron chi connectivity index (χ0n) is 11.3. The molecule has 2 aromatic carbocycles. The number of ether oxygens (including phenoxy) is 3. The van der Waals surface area contributed by atoms with Gasteiger partial charge in [-0.25, -0.2) is 0 Å². The maximum Gasteiger partial charge on any atom is 0.141 e. The highest BCUT2D eigenvalue weighted by Gasteiger charge is 2.06. The fourth-order valence-electron chi connectivity index (χ4n) is 1.89. The van der Waals surface area contributed by atoms with Gasteiger partial charge < -0.3 is 19.9 Å². The fourth-order valence-corrected chi connectivity index (χ4v) is 1.89. The van der Waals surface area contributed by atoms with Crippen molar-refractivity contribution in [2.24, 2.45) is 0 Å². The SMILES string of the molecule is COc1cc(OC)cc(-c2ccc(OC)c(N)c2)c1. The molecule has 0 heterocycles. The lowest BCUT2D eigenvalue weighted by molar-refractivity contribution is 0.394. The van der Waals surface area contributed by atoms with Crippen LogP contribution in [0.4, 0.5) is 5.69 Å². The van der Waals surface area contributed by atoms with Crippen LogP contribution in [0.2, 0.25) is 0 Å². The summed E-state index contributed by atoms with van der Waals surface area (Å²) in [7, 11) is 4.85. The summed E-state index contributed by atoms with van der Waals surface area (Å²) in [5.41, 5.74) is 8.48. The van der Waals surface area contributed by atoms with Crippen molar-refractivity contribution in [3.05, 3.63) is 36.4 Å². The third kappa shape index (κ3) is 2.73. The van der Waals surface area contributed by atoms with Crippen molar-refractivity contribution >= 4 is 5.69 Å². The summed E-state index contributed by atoms with van der Waals surface area (Å²) in [6.45, 7) is 0. The van der Waals surface area contributed by atoms with Gasteiger partial charge in [-0.3, -0.25) is 0 Å². The van der Waals surface area contributed by atoms with E-state index in [1.807, 2.05) is 36.4 Å². The lowest BCUT2D eigenvalue weighted by atomic mass is 10.0. The Balaban J connectivity index is 2.48. The Labute approximate surface area is 112 Å². The number of methoxy groups -OCH3 is 3. The number of anilines is 1. The van der Waals surface area contributed by atoms with Gasteiger partial charge in [0.2, 0.25) is 0 Å². The molecule has 0 saturated heterocycles. The van der Waals surface area contributed by atoms with E-state index in [9.17, 15) is 0 Å². The van der Waals surface area contributed by atoms with E-state index in [0.717, 1.165) is 22.6 Å². The summed E-state index contributed by atoms with van der Waals surface area (Å²) in [5, 5.41) is 0. The van der Waals surface area contributed by atoms with E-state index >= 15 is 0 Å². The van der Waals surface area contributed by atoms with E-state index in [-0.39, 0.29) is 0 Å². The molecule has 4 heteroatoms. The van der Waals surface area contributed by atoms with Crippen molar-refractivity contribution in [1.29, 1.82) is 0 Å². The first-order chi connectivity index (χ1) is 9.17. The smallest absolute Gasteiger partial charge is 0.141 e. The molecule has 0 bridgehead atoms. The second kappa shape index (κ2) is 5.52. The molecule has 0 amide bonds. The van der Waals surface area contributed by atoms with Gasteiger partial charge in [-0.15, -0.1) is 0 Å². The molecule has 0 saturated carbocycles. The van der Waals surface area contributed by atoms with Gasteiger partial charge in [-0.05, 0) is 35.4 Å². The molecule has 100 valence electrons. The average molecular weight is 259 g/mol. The van der Waals surface area contributed by atoms with Crippen LogP contribution in [-0.4, -0.2) is 21.3 Å². The van der Waals surface area contributed by atoms with Gasteiger partial charge in [-0.1, -0.05) is 6.07 Å². The maximum absolute atomic E-state index is 5.92. The summed E-state index contributed by atoms with van der Waals surface area (Å²) in [6.07, 6.45) is 0. The monoisotopic (exact) mass is 259 g/mol. The molecule has 4 nitrogen and oxygen atoms in total. The highest BCUT2D eigenvalue weighted by Crippen LogP contribution is 2.33. The summed E-state index contributed by atoms with van der Waals surface area (Å²) in [5.74, 6) is 2.14. The molecule has 0 unspecified atom stereocenters. The van der Waals surface area contributed by atoms with Crippen LogP contribution in [0.3, 0.4) is 0 Å². The highest BCUT2D eigenvalue weighted by atomic mass is 16.5. The second-order valence-electron chi connectivity index (χ2n) is 4.06. The number of hydrogen-bond donors (Lipinski definition) is 1. The van der Waals surface area contributed by atoms with Gasteiger partial charge in [0.05, 0.1) is 27.0 Å². The molecule has 0 atom stereocenters. The maximum atomic E-state index is 5.92. The Kier molecular flexibility index (Phi) is 3.80. The van der Waals surface area contributed by atoms with E-state index in [0.29, 0.717) is 11.4 Å². The molecule has 0 aliphatic rings. The molecule has 0 aromatic heterocycles. The second-order valence-corrected chi connectivity index (χ2v) is 4.06. The normalized spacial score (nSPS) is 10.1. The molecule has 2 rings (SSSR count). The first-order valence-electron chi connectivity index (χ1n) is 5.85. The minimum absolute atomic E-state index is 0.599. The standard InChI is InChI=1S/C15H17NO3/c1-17-12-6-11(7-13(9-12)18-2)10-4-5-15(19-3)14(16)8-10/h4-9H,16H2,1-3H3. The first-order valence-corrected chi connectivity index (χ1v) is 5.85. The van der Waals surface area contributed by atoms with Crippen LogP contribution < -0.4 is 19.9 Å². The molecule has 0 radical (unpaired) electrons. The molecule has 19 heavy (non-hydrogen) atoms. The summed E-state index contributed by atoms with van der Waals surface area (Å²) >= 11 is 0. The van der Waals surface area contributed by atoms with Crippen molar-refractivity contribution in [2.45, 2.75) is 0 Å². The van der Waals surface area contributed by atoms with E-state index in [1.165, 1.54) is 0 Å². The van der Waals surface area contributed by atoms with Gasteiger partial charge in [-0.2, -0.15) is 0 Å². The molecule has 0 aliphatic carbocycles. The number of benzene rings is 2. The van der Waals surface area contributed by atoms with Crippen molar-refractivity contribution in [2.75, 3.05) is 27.1 Å². The molecule has 0 fully saturated rings. The van der Waals surface area contributed by atoms with E-state index in [2.05, 4.69) is 0 Å². The lowest BCUT2D eigenvalue weighted by Gasteiger charge is -2.10. The van der Waals surface area contributed by atoms with Crippen LogP contribution in [0, 0.1) is 0 Å². The molecule has 2 aromatic rings. The lowest BCUT2D eigenvalue weighted by Crippen LogP contribution is -1.93. The Morgan fingerprint density at radius 3 is 1.84 bits per heavy atom. The zero-order chi connectivity index (χ0) is 13.8. The van der Waals surface area contributed by atoms with Gasteiger partial charge in [0.1, 0.15) is 17.2 Å². The summed E-state index contributed by atoms with van der Waals surface area (Å²) in [4.78, 5) is 0. The molecule has 0 spiro atoms. The topological polar surface area (TPSA) is 53.7 Å².